The molecular weight excluding hydrogens is 388 g/mol. The van der Waals surface area contributed by atoms with Crippen LogP contribution in [0.15, 0.2) is 47.5 Å². The number of hydrogen-bond donors (Lipinski definition) is 1. The highest BCUT2D eigenvalue weighted by Gasteiger charge is 2.18. The molecule has 1 aliphatic rings. The molecule has 1 N–H and O–H groups in total. The molecule has 1 aliphatic heterocycles. The van der Waals surface area contributed by atoms with Gasteiger partial charge in [0.25, 0.3) is 11.8 Å². The minimum atomic E-state index is -0.0351. The van der Waals surface area contributed by atoms with Gasteiger partial charge in [0.15, 0.2) is 0 Å². The molecule has 0 bridgehead atoms. The monoisotopic (exact) mass is 420 g/mol. The Morgan fingerprint density at radius 1 is 1.06 bits per heavy atom. The Labute approximate surface area is 185 Å². The lowest BCUT2D eigenvalue weighted by Gasteiger charge is -2.19. The van der Waals surface area contributed by atoms with E-state index >= 15 is 0 Å². The number of carbonyl (C=O) groups excluding carboxylic acids is 2. The lowest BCUT2D eigenvalue weighted by Crippen LogP contribution is -2.29. The molecule has 6 heteroatoms. The number of aliphatic imine (C=N–C) groups is 1. The molecule has 0 saturated heterocycles. The number of amides is 2. The summed E-state index contributed by atoms with van der Waals surface area (Å²) >= 11 is 0. The minimum absolute atomic E-state index is 0.0126. The lowest BCUT2D eigenvalue weighted by atomic mass is 10.0. The standard InChI is InChI=1S/C25H32N4O2/c1-18(27-23-13-6-11-22-21(23)12-7-14-26-24(22)30)19-9-5-10-20(17-19)25(31)29(4)16-8-15-28(2)3/h5-6,9-11,13,17H,7-8,12,14-16H2,1-4H3,(H,26,30). The third-order valence-electron chi connectivity index (χ3n) is 5.55. The number of hydrogen-bond acceptors (Lipinski definition) is 4. The number of carbonyl (C=O) groups is 2. The highest BCUT2D eigenvalue weighted by atomic mass is 16.2. The van der Waals surface area contributed by atoms with E-state index in [4.69, 9.17) is 4.99 Å². The molecule has 31 heavy (non-hydrogen) atoms. The Morgan fingerprint density at radius 3 is 2.58 bits per heavy atom. The van der Waals surface area contributed by atoms with Crippen LogP contribution in [-0.4, -0.2) is 68.1 Å². The zero-order valence-corrected chi connectivity index (χ0v) is 18.9. The first-order valence-electron chi connectivity index (χ1n) is 10.8. The van der Waals surface area contributed by atoms with Gasteiger partial charge in [0.2, 0.25) is 0 Å². The average Bonchev–Trinajstić information content (AvgIpc) is 2.95. The Bertz CT molecular complexity index is 981. The van der Waals surface area contributed by atoms with Crippen molar-refractivity contribution < 1.29 is 9.59 Å². The topological polar surface area (TPSA) is 65.0 Å². The van der Waals surface area contributed by atoms with E-state index in [0.29, 0.717) is 24.2 Å². The van der Waals surface area contributed by atoms with Crippen LogP contribution in [0.4, 0.5) is 5.69 Å². The van der Waals surface area contributed by atoms with E-state index in [9.17, 15) is 9.59 Å². The largest absolute Gasteiger partial charge is 0.352 e. The van der Waals surface area contributed by atoms with E-state index in [1.807, 2.05) is 70.5 Å². The normalized spacial score (nSPS) is 14.1. The number of benzene rings is 2. The van der Waals surface area contributed by atoms with E-state index in [-0.39, 0.29) is 11.8 Å². The Hall–Kier alpha value is -2.99. The van der Waals surface area contributed by atoms with Crippen molar-refractivity contribution in [3.63, 3.8) is 0 Å². The first-order valence-corrected chi connectivity index (χ1v) is 10.8. The fraction of sp³-hybridized carbons (Fsp3) is 0.400. The van der Waals surface area contributed by atoms with Gasteiger partial charge >= 0.3 is 0 Å². The van der Waals surface area contributed by atoms with Crippen LogP contribution in [0.2, 0.25) is 0 Å². The van der Waals surface area contributed by atoms with Gasteiger partial charge in [-0.2, -0.15) is 0 Å². The highest BCUT2D eigenvalue weighted by molar-refractivity contribution is 6.04. The van der Waals surface area contributed by atoms with Crippen molar-refractivity contribution in [2.24, 2.45) is 4.99 Å². The fourth-order valence-electron chi connectivity index (χ4n) is 3.79. The summed E-state index contributed by atoms with van der Waals surface area (Å²) in [7, 11) is 5.91. The first kappa shape index (κ1) is 22.7. The van der Waals surface area contributed by atoms with Gasteiger partial charge in [0.05, 0.1) is 5.69 Å². The van der Waals surface area contributed by atoms with E-state index in [1.54, 1.807) is 4.90 Å². The van der Waals surface area contributed by atoms with Crippen LogP contribution in [0, 0.1) is 0 Å². The lowest BCUT2D eigenvalue weighted by molar-refractivity contribution is 0.0790. The molecule has 0 fully saturated rings. The Balaban J connectivity index is 1.81. The maximum atomic E-state index is 12.8. The highest BCUT2D eigenvalue weighted by Crippen LogP contribution is 2.27. The molecule has 2 aromatic rings. The van der Waals surface area contributed by atoms with Gasteiger partial charge in [-0.25, -0.2) is 0 Å². The van der Waals surface area contributed by atoms with Gasteiger partial charge in [-0.05, 0) is 82.2 Å². The summed E-state index contributed by atoms with van der Waals surface area (Å²) in [5, 5.41) is 2.93. The van der Waals surface area contributed by atoms with Crippen molar-refractivity contribution in [2.75, 3.05) is 40.8 Å². The van der Waals surface area contributed by atoms with Crippen LogP contribution in [-0.2, 0) is 6.42 Å². The van der Waals surface area contributed by atoms with Crippen molar-refractivity contribution in [3.8, 4) is 0 Å². The second-order valence-corrected chi connectivity index (χ2v) is 8.32. The number of rotatable bonds is 7. The van der Waals surface area contributed by atoms with Gasteiger partial charge < -0.3 is 15.1 Å². The predicted octanol–water partition coefficient (Wildman–Crippen LogP) is 3.53. The SMILES string of the molecule is CC(=Nc1cccc2c1CCCNC2=O)c1cccc(C(=O)N(C)CCCN(C)C)c1. The summed E-state index contributed by atoms with van der Waals surface area (Å²) in [6, 6.07) is 13.3. The van der Waals surface area contributed by atoms with Crippen LogP contribution in [0.25, 0.3) is 0 Å². The summed E-state index contributed by atoms with van der Waals surface area (Å²) in [5.41, 5.74) is 4.90. The maximum Gasteiger partial charge on any atom is 0.253 e. The molecule has 0 aromatic heterocycles. The fourth-order valence-corrected chi connectivity index (χ4v) is 3.79. The number of nitrogens with one attached hydrogen (secondary N) is 1. The van der Waals surface area contributed by atoms with E-state index in [1.165, 1.54) is 0 Å². The molecule has 0 radical (unpaired) electrons. The van der Waals surface area contributed by atoms with Gasteiger partial charge in [-0.1, -0.05) is 18.2 Å². The zero-order chi connectivity index (χ0) is 22.4. The summed E-state index contributed by atoms with van der Waals surface area (Å²) in [4.78, 5) is 33.9. The average molecular weight is 421 g/mol. The molecule has 6 nitrogen and oxygen atoms in total. The maximum absolute atomic E-state index is 12.8. The van der Waals surface area contributed by atoms with Crippen LogP contribution in [0.1, 0.15) is 51.6 Å². The van der Waals surface area contributed by atoms with Crippen LogP contribution in [0.3, 0.4) is 0 Å². The second-order valence-electron chi connectivity index (χ2n) is 8.32. The van der Waals surface area contributed by atoms with Gasteiger partial charge in [-0.3, -0.25) is 14.6 Å². The quantitative estimate of drug-likeness (QED) is 0.697. The van der Waals surface area contributed by atoms with Crippen molar-refractivity contribution >= 4 is 23.2 Å². The van der Waals surface area contributed by atoms with Crippen molar-refractivity contribution in [1.29, 1.82) is 0 Å². The summed E-state index contributed by atoms with van der Waals surface area (Å²) in [6.45, 7) is 4.29. The first-order chi connectivity index (χ1) is 14.9. The summed E-state index contributed by atoms with van der Waals surface area (Å²) in [5.74, 6) is -0.0224. The second kappa shape index (κ2) is 10.4. The number of nitrogens with zero attached hydrogens (tertiary/aromatic N) is 3. The molecule has 2 aromatic carbocycles. The van der Waals surface area contributed by atoms with E-state index in [0.717, 1.165) is 48.3 Å². The van der Waals surface area contributed by atoms with E-state index < -0.39 is 0 Å². The third-order valence-corrected chi connectivity index (χ3v) is 5.55. The molecule has 1 heterocycles. The van der Waals surface area contributed by atoms with Crippen molar-refractivity contribution in [1.82, 2.24) is 15.1 Å². The summed E-state index contributed by atoms with van der Waals surface area (Å²) in [6.07, 6.45) is 2.65. The molecule has 3 rings (SSSR count). The van der Waals surface area contributed by atoms with Crippen LogP contribution >= 0.6 is 0 Å². The Kier molecular flexibility index (Phi) is 7.58. The minimum Gasteiger partial charge on any atom is -0.352 e. The molecular formula is C25H32N4O2. The van der Waals surface area contributed by atoms with Crippen molar-refractivity contribution in [3.05, 3.63) is 64.7 Å². The van der Waals surface area contributed by atoms with Gasteiger partial charge in [-0.15, -0.1) is 0 Å². The van der Waals surface area contributed by atoms with Gasteiger partial charge in [0, 0.05) is 37.0 Å². The molecule has 0 saturated carbocycles. The van der Waals surface area contributed by atoms with Crippen molar-refractivity contribution in [2.45, 2.75) is 26.2 Å². The number of fused-ring (bicyclic) bond motifs is 1. The Morgan fingerprint density at radius 2 is 1.81 bits per heavy atom. The smallest absolute Gasteiger partial charge is 0.253 e. The van der Waals surface area contributed by atoms with E-state index in [2.05, 4.69) is 10.2 Å². The zero-order valence-electron chi connectivity index (χ0n) is 18.9. The van der Waals surface area contributed by atoms with Crippen LogP contribution < -0.4 is 5.32 Å². The molecule has 2 amide bonds. The summed E-state index contributed by atoms with van der Waals surface area (Å²) < 4.78 is 0. The predicted molar refractivity (Wildman–Crippen MR) is 126 cm³/mol. The molecule has 164 valence electrons. The molecule has 0 unspecified atom stereocenters. The molecule has 0 spiro atoms. The molecule has 0 aliphatic carbocycles. The van der Waals surface area contributed by atoms with Crippen LogP contribution in [0.5, 0.6) is 0 Å². The van der Waals surface area contributed by atoms with Gasteiger partial charge in [0.1, 0.15) is 0 Å². The third kappa shape index (κ3) is 5.79. The molecule has 0 atom stereocenters.